The largest absolute Gasteiger partial charge is 0.376 e. The van der Waals surface area contributed by atoms with Gasteiger partial charge in [0.25, 0.3) is 5.91 Å². The molecule has 35 heavy (non-hydrogen) atoms. The van der Waals surface area contributed by atoms with Crippen LogP contribution < -0.4 is 16.0 Å². The SMILES string of the molecule is CN(C)Cc1cc(NCC(=O)NCc2ccc3c(c2)CN(C2CCC(=O)NC2=O)C3=O)ccc1Cl. The Bertz CT molecular complexity index is 1180. The Hall–Kier alpha value is -3.43. The van der Waals surface area contributed by atoms with Crippen LogP contribution in [-0.2, 0) is 34.0 Å². The fraction of sp³-hybridized carbons (Fsp3) is 0.360. The van der Waals surface area contributed by atoms with E-state index in [9.17, 15) is 19.2 Å². The number of anilines is 1. The summed E-state index contributed by atoms with van der Waals surface area (Å²) in [5, 5.41) is 8.98. The van der Waals surface area contributed by atoms with E-state index in [-0.39, 0.29) is 30.7 Å². The van der Waals surface area contributed by atoms with Crippen molar-refractivity contribution < 1.29 is 19.2 Å². The summed E-state index contributed by atoms with van der Waals surface area (Å²) in [6.07, 6.45) is 0.541. The monoisotopic (exact) mass is 497 g/mol. The summed E-state index contributed by atoms with van der Waals surface area (Å²) in [6, 6.07) is 10.3. The second kappa shape index (κ2) is 10.5. The molecule has 0 spiro atoms. The molecule has 0 radical (unpaired) electrons. The Labute approximate surface area is 208 Å². The van der Waals surface area contributed by atoms with Crippen LogP contribution in [0.15, 0.2) is 36.4 Å². The third kappa shape index (κ3) is 5.80. The summed E-state index contributed by atoms with van der Waals surface area (Å²) in [5.74, 6) is -1.13. The minimum atomic E-state index is -0.645. The highest BCUT2D eigenvalue weighted by Crippen LogP contribution is 2.28. The molecule has 2 aromatic rings. The number of halogens is 1. The minimum Gasteiger partial charge on any atom is -0.376 e. The molecule has 4 rings (SSSR count). The molecule has 1 fully saturated rings. The number of amides is 4. The average molecular weight is 498 g/mol. The van der Waals surface area contributed by atoms with Gasteiger partial charge in [0.05, 0.1) is 6.54 Å². The van der Waals surface area contributed by atoms with Gasteiger partial charge < -0.3 is 20.4 Å². The number of hydrogen-bond donors (Lipinski definition) is 3. The number of rotatable bonds is 8. The van der Waals surface area contributed by atoms with Crippen molar-refractivity contribution in [2.45, 2.75) is 38.5 Å². The topological polar surface area (TPSA) is 111 Å². The molecule has 0 aliphatic carbocycles. The van der Waals surface area contributed by atoms with Crippen molar-refractivity contribution in [2.75, 3.05) is 26.0 Å². The Balaban J connectivity index is 1.31. The van der Waals surface area contributed by atoms with Gasteiger partial charge in [0.2, 0.25) is 17.7 Å². The van der Waals surface area contributed by atoms with Gasteiger partial charge in [-0.2, -0.15) is 0 Å². The lowest BCUT2D eigenvalue weighted by atomic mass is 10.0. The van der Waals surface area contributed by atoms with Crippen LogP contribution in [-0.4, -0.2) is 60.1 Å². The first-order chi connectivity index (χ1) is 16.7. The molecule has 2 heterocycles. The van der Waals surface area contributed by atoms with E-state index in [1.807, 2.05) is 43.3 Å². The van der Waals surface area contributed by atoms with Crippen LogP contribution >= 0.6 is 11.6 Å². The third-order valence-electron chi connectivity index (χ3n) is 6.06. The molecule has 4 amide bonds. The Kier molecular flexibility index (Phi) is 7.37. The zero-order valence-electron chi connectivity index (χ0n) is 19.7. The van der Waals surface area contributed by atoms with Gasteiger partial charge in [-0.05, 0) is 61.5 Å². The maximum Gasteiger partial charge on any atom is 0.255 e. The van der Waals surface area contributed by atoms with Crippen LogP contribution in [0.4, 0.5) is 5.69 Å². The second-order valence-electron chi connectivity index (χ2n) is 9.07. The molecule has 10 heteroatoms. The van der Waals surface area contributed by atoms with Crippen molar-refractivity contribution in [3.05, 3.63) is 63.7 Å². The number of fused-ring (bicyclic) bond motifs is 1. The lowest BCUT2D eigenvalue weighted by molar-refractivity contribution is -0.137. The molecule has 0 bridgehead atoms. The molecule has 0 aromatic heterocycles. The number of nitrogens with zero attached hydrogens (tertiary/aromatic N) is 2. The summed E-state index contributed by atoms with van der Waals surface area (Å²) in [4.78, 5) is 52.3. The molecule has 9 nitrogen and oxygen atoms in total. The van der Waals surface area contributed by atoms with Crippen LogP contribution in [0.25, 0.3) is 0 Å². The van der Waals surface area contributed by atoms with Crippen LogP contribution in [0.3, 0.4) is 0 Å². The normalized spacial score (nSPS) is 17.4. The summed E-state index contributed by atoms with van der Waals surface area (Å²) in [6.45, 7) is 1.42. The molecular weight excluding hydrogens is 470 g/mol. The van der Waals surface area contributed by atoms with Gasteiger partial charge in [-0.25, -0.2) is 0 Å². The van der Waals surface area contributed by atoms with Gasteiger partial charge in [0.15, 0.2) is 0 Å². The van der Waals surface area contributed by atoms with Gasteiger partial charge in [-0.1, -0.05) is 23.7 Å². The van der Waals surface area contributed by atoms with E-state index in [1.54, 1.807) is 12.1 Å². The number of carbonyl (C=O) groups is 4. The van der Waals surface area contributed by atoms with E-state index < -0.39 is 11.9 Å². The molecule has 1 saturated heterocycles. The Morgan fingerprint density at radius 3 is 2.71 bits per heavy atom. The maximum atomic E-state index is 12.8. The van der Waals surface area contributed by atoms with E-state index in [4.69, 9.17) is 11.6 Å². The van der Waals surface area contributed by atoms with Crippen molar-refractivity contribution in [2.24, 2.45) is 0 Å². The van der Waals surface area contributed by atoms with Crippen LogP contribution in [0.5, 0.6) is 0 Å². The zero-order chi connectivity index (χ0) is 25.1. The smallest absolute Gasteiger partial charge is 0.255 e. The summed E-state index contributed by atoms with van der Waals surface area (Å²) < 4.78 is 0. The first-order valence-electron chi connectivity index (χ1n) is 11.4. The predicted octanol–water partition coefficient (Wildman–Crippen LogP) is 1.89. The fourth-order valence-electron chi connectivity index (χ4n) is 4.33. The quantitative estimate of drug-likeness (QED) is 0.480. The average Bonchev–Trinajstić information content (AvgIpc) is 3.13. The summed E-state index contributed by atoms with van der Waals surface area (Å²) in [7, 11) is 3.93. The standard InChI is InChI=1S/C25H28ClN5O4/c1-30(2)13-17-10-18(4-6-20(17)26)27-12-23(33)28-11-15-3-5-19-16(9-15)14-31(25(19)35)21-7-8-22(32)29-24(21)34/h3-6,9-10,21,27H,7-8,11-14H2,1-2H3,(H,28,33)(H,29,32,34). The molecular formula is C25H28ClN5O4. The van der Waals surface area contributed by atoms with Crippen molar-refractivity contribution in [1.82, 2.24) is 20.4 Å². The fourth-order valence-corrected chi connectivity index (χ4v) is 4.51. The van der Waals surface area contributed by atoms with Crippen LogP contribution in [0, 0.1) is 0 Å². The number of piperidine rings is 1. The summed E-state index contributed by atoms with van der Waals surface area (Å²) >= 11 is 6.24. The van der Waals surface area contributed by atoms with Gasteiger partial charge in [0, 0.05) is 42.3 Å². The highest BCUT2D eigenvalue weighted by atomic mass is 35.5. The van der Waals surface area contributed by atoms with Crippen molar-refractivity contribution in [3.63, 3.8) is 0 Å². The first kappa shape index (κ1) is 24.7. The number of hydrogen-bond acceptors (Lipinski definition) is 6. The van der Waals surface area contributed by atoms with Gasteiger partial charge in [0.1, 0.15) is 6.04 Å². The number of nitrogens with one attached hydrogen (secondary N) is 3. The number of carbonyl (C=O) groups excluding carboxylic acids is 4. The summed E-state index contributed by atoms with van der Waals surface area (Å²) in [5.41, 5.74) is 3.99. The predicted molar refractivity (Wildman–Crippen MR) is 132 cm³/mol. The van der Waals surface area contributed by atoms with E-state index in [0.717, 1.165) is 22.4 Å². The van der Waals surface area contributed by atoms with Crippen LogP contribution in [0.1, 0.15) is 39.9 Å². The second-order valence-corrected chi connectivity index (χ2v) is 9.47. The molecule has 0 saturated carbocycles. The van der Waals surface area contributed by atoms with Crippen molar-refractivity contribution in [1.29, 1.82) is 0 Å². The number of imide groups is 1. The highest BCUT2D eigenvalue weighted by molar-refractivity contribution is 6.31. The maximum absolute atomic E-state index is 12.8. The first-order valence-corrected chi connectivity index (χ1v) is 11.8. The van der Waals surface area contributed by atoms with E-state index in [0.29, 0.717) is 36.6 Å². The highest BCUT2D eigenvalue weighted by Gasteiger charge is 2.39. The van der Waals surface area contributed by atoms with E-state index >= 15 is 0 Å². The van der Waals surface area contributed by atoms with Crippen molar-refractivity contribution >= 4 is 40.9 Å². The lowest BCUT2D eigenvalue weighted by Crippen LogP contribution is -2.52. The molecule has 1 atom stereocenters. The molecule has 2 aliphatic heterocycles. The Morgan fingerprint density at radius 1 is 1.17 bits per heavy atom. The number of benzene rings is 2. The van der Waals surface area contributed by atoms with E-state index in [2.05, 4.69) is 16.0 Å². The Morgan fingerprint density at radius 2 is 1.97 bits per heavy atom. The van der Waals surface area contributed by atoms with Crippen LogP contribution in [0.2, 0.25) is 5.02 Å². The molecule has 2 aliphatic rings. The molecule has 2 aromatic carbocycles. The van der Waals surface area contributed by atoms with E-state index in [1.165, 1.54) is 4.90 Å². The minimum absolute atomic E-state index is 0.107. The third-order valence-corrected chi connectivity index (χ3v) is 6.43. The molecule has 3 N–H and O–H groups in total. The van der Waals surface area contributed by atoms with Gasteiger partial charge in [-0.15, -0.1) is 0 Å². The van der Waals surface area contributed by atoms with Gasteiger partial charge in [-0.3, -0.25) is 24.5 Å². The lowest BCUT2D eigenvalue weighted by Gasteiger charge is -2.29. The zero-order valence-corrected chi connectivity index (χ0v) is 20.4. The van der Waals surface area contributed by atoms with Gasteiger partial charge >= 0.3 is 0 Å². The van der Waals surface area contributed by atoms with Crippen molar-refractivity contribution in [3.8, 4) is 0 Å². The molecule has 184 valence electrons. The molecule has 1 unspecified atom stereocenters.